The number of hydrogen-bond acceptors (Lipinski definition) is 15. The SMILES string of the molecule is CC(=O)c1ccc(OP2(Oc3ccc(C(C)=O)cc3)=NP(Oc3ccc(C(C)=O)cc3)(Oc3ccc(C(C)=O)cc3)=NP(Oc3ccc(C(C)=O)cc3)(Oc3ccc(C(C)=O)cc3)=N2)cc1. The summed E-state index contributed by atoms with van der Waals surface area (Å²) in [6.07, 6.45) is 0. The molecule has 15 nitrogen and oxygen atoms in total. The van der Waals surface area contributed by atoms with Crippen LogP contribution in [0, 0.1) is 0 Å². The zero-order valence-electron chi connectivity index (χ0n) is 36.4. The molecule has 66 heavy (non-hydrogen) atoms. The van der Waals surface area contributed by atoms with Crippen molar-refractivity contribution in [3.8, 4) is 34.5 Å². The molecule has 0 aromatic heterocycles. The third-order valence-electron chi connectivity index (χ3n) is 9.59. The Kier molecular flexibility index (Phi) is 13.8. The normalized spacial score (nSPS) is 14.1. The molecule has 0 fully saturated rings. The fourth-order valence-electron chi connectivity index (χ4n) is 6.08. The van der Waals surface area contributed by atoms with Crippen molar-refractivity contribution in [1.82, 2.24) is 0 Å². The summed E-state index contributed by atoms with van der Waals surface area (Å²) in [6, 6.07) is 37.0. The molecule has 0 bridgehead atoms. The monoisotopic (exact) mass is 945 g/mol. The molecule has 0 aliphatic carbocycles. The van der Waals surface area contributed by atoms with Gasteiger partial charge in [0.1, 0.15) is 34.5 Å². The van der Waals surface area contributed by atoms with E-state index in [0.29, 0.717) is 33.4 Å². The highest BCUT2D eigenvalue weighted by atomic mass is 31.3. The van der Waals surface area contributed by atoms with Gasteiger partial charge in [-0.2, -0.15) is 0 Å². The highest BCUT2D eigenvalue weighted by molar-refractivity contribution is 7.79. The van der Waals surface area contributed by atoms with Gasteiger partial charge in [0.05, 0.1) is 0 Å². The van der Waals surface area contributed by atoms with E-state index in [4.69, 9.17) is 40.7 Å². The van der Waals surface area contributed by atoms with Crippen LogP contribution in [0.2, 0.25) is 0 Å². The number of nitrogens with zero attached hydrogens (tertiary/aromatic N) is 3. The maximum Gasteiger partial charge on any atom is 0.460 e. The third kappa shape index (κ3) is 11.4. The second kappa shape index (κ2) is 19.5. The summed E-state index contributed by atoms with van der Waals surface area (Å²) < 4.78 is 56.1. The van der Waals surface area contributed by atoms with Gasteiger partial charge in [0, 0.05) is 33.4 Å². The highest BCUT2D eigenvalue weighted by Gasteiger charge is 2.49. The fraction of sp³-hybridized carbons (Fsp3) is 0.125. The molecule has 0 atom stereocenters. The zero-order chi connectivity index (χ0) is 47.2. The molecule has 0 N–H and O–H groups in total. The summed E-state index contributed by atoms with van der Waals surface area (Å²) in [6.45, 7) is 8.53. The molecule has 1 aliphatic heterocycles. The number of benzene rings is 6. The van der Waals surface area contributed by atoms with Crippen molar-refractivity contribution in [2.45, 2.75) is 41.5 Å². The van der Waals surface area contributed by atoms with E-state index in [1.807, 2.05) is 0 Å². The topological polar surface area (TPSA) is 195 Å². The lowest BCUT2D eigenvalue weighted by Crippen LogP contribution is -2.11. The van der Waals surface area contributed by atoms with Crippen LogP contribution in [0.1, 0.15) is 104 Å². The summed E-state index contributed by atoms with van der Waals surface area (Å²) >= 11 is 0. The van der Waals surface area contributed by atoms with E-state index in [1.54, 1.807) is 72.8 Å². The van der Waals surface area contributed by atoms with E-state index >= 15 is 0 Å². The van der Waals surface area contributed by atoms with Crippen LogP contribution in [0.15, 0.2) is 159 Å². The first-order chi connectivity index (χ1) is 31.4. The average Bonchev–Trinajstić information content (AvgIpc) is 3.27. The second-order valence-electron chi connectivity index (χ2n) is 14.8. The van der Waals surface area contributed by atoms with Gasteiger partial charge in [-0.25, -0.2) is 0 Å². The molecule has 0 unspecified atom stereocenters. The Hall–Kier alpha value is -7.17. The largest absolute Gasteiger partial charge is 0.460 e. The Morgan fingerprint density at radius 2 is 0.379 bits per heavy atom. The molecular formula is C48H42N3O12P3. The molecule has 0 amide bonds. The Morgan fingerprint density at radius 3 is 0.485 bits per heavy atom. The summed E-state index contributed by atoms with van der Waals surface area (Å²) in [7, 11) is -13.3. The van der Waals surface area contributed by atoms with Crippen LogP contribution in [0.3, 0.4) is 0 Å². The van der Waals surface area contributed by atoms with E-state index in [0.717, 1.165) is 0 Å². The summed E-state index contributed by atoms with van der Waals surface area (Å²) in [5.74, 6) is -0.401. The Morgan fingerprint density at radius 1 is 0.258 bits per heavy atom. The quantitative estimate of drug-likeness (QED) is 0.0585. The van der Waals surface area contributed by atoms with Gasteiger partial charge < -0.3 is 27.1 Å². The van der Waals surface area contributed by atoms with Gasteiger partial charge in [0.15, 0.2) is 34.7 Å². The van der Waals surface area contributed by atoms with Crippen molar-refractivity contribution >= 4 is 57.7 Å². The van der Waals surface area contributed by atoms with Crippen molar-refractivity contribution in [3.05, 3.63) is 179 Å². The van der Waals surface area contributed by atoms with Crippen molar-refractivity contribution in [3.63, 3.8) is 0 Å². The second-order valence-corrected chi connectivity index (χ2v) is 21.0. The molecule has 0 spiro atoms. The highest BCUT2D eigenvalue weighted by Crippen LogP contribution is 2.78. The first-order valence-corrected chi connectivity index (χ1v) is 24.8. The Bertz CT molecular complexity index is 2510. The molecule has 18 heteroatoms. The van der Waals surface area contributed by atoms with Crippen molar-refractivity contribution in [1.29, 1.82) is 0 Å². The van der Waals surface area contributed by atoms with Gasteiger partial charge in [-0.15, -0.1) is 0 Å². The minimum atomic E-state index is -4.43. The van der Waals surface area contributed by atoms with Gasteiger partial charge in [-0.1, -0.05) is 13.5 Å². The molecule has 0 radical (unpaired) electrons. The Balaban J connectivity index is 1.58. The standard InChI is InChI=1S/C48H42N3O12P3/c1-31(52)37-7-19-43(20-8-37)58-64(59-44-21-9-38(10-22-44)32(2)53)49-65(60-45-23-11-39(12-24-45)33(3)54,61-46-25-13-40(14-26-46)34(4)55)51-66(50-64,62-47-27-15-41(16-28-47)35(5)56)63-48-29-17-42(18-30-48)36(6)57/h7-30H,1-6H3. The minimum absolute atomic E-state index is 0.132. The van der Waals surface area contributed by atoms with E-state index in [2.05, 4.69) is 0 Å². The minimum Gasteiger partial charge on any atom is -0.413 e. The zero-order valence-corrected chi connectivity index (χ0v) is 39.1. The molecular weight excluding hydrogens is 903 g/mol. The fourth-order valence-corrected chi connectivity index (χ4v) is 15.2. The predicted molar refractivity (Wildman–Crippen MR) is 250 cm³/mol. The van der Waals surface area contributed by atoms with Crippen LogP contribution in [0.25, 0.3) is 0 Å². The molecule has 336 valence electrons. The number of hydrogen-bond donors (Lipinski definition) is 0. The smallest absolute Gasteiger partial charge is 0.413 e. The van der Waals surface area contributed by atoms with E-state index in [-0.39, 0.29) is 69.2 Å². The summed E-state index contributed by atoms with van der Waals surface area (Å²) in [5, 5.41) is 0. The lowest BCUT2D eigenvalue weighted by molar-refractivity contribution is 0.100. The van der Waals surface area contributed by atoms with Gasteiger partial charge in [0.2, 0.25) is 0 Å². The van der Waals surface area contributed by atoms with Gasteiger partial charge in [-0.05, 0) is 187 Å². The molecule has 1 heterocycles. The lowest BCUT2D eigenvalue weighted by Gasteiger charge is -2.33. The first-order valence-electron chi connectivity index (χ1n) is 20.2. The lowest BCUT2D eigenvalue weighted by atomic mass is 10.1. The average molecular weight is 946 g/mol. The van der Waals surface area contributed by atoms with Gasteiger partial charge in [0.25, 0.3) is 0 Å². The molecule has 0 saturated heterocycles. The van der Waals surface area contributed by atoms with Crippen LogP contribution in [-0.2, 0) is 0 Å². The molecule has 7 rings (SSSR count). The summed E-state index contributed by atoms with van der Waals surface area (Å²) in [5.41, 5.74) is 2.31. The maximum atomic E-state index is 12.4. The molecule has 1 aliphatic rings. The molecule has 0 saturated carbocycles. The molecule has 6 aromatic rings. The van der Waals surface area contributed by atoms with Crippen molar-refractivity contribution in [2.24, 2.45) is 13.5 Å². The van der Waals surface area contributed by atoms with Gasteiger partial charge in [-0.3, -0.25) is 28.8 Å². The van der Waals surface area contributed by atoms with Crippen LogP contribution in [-0.4, -0.2) is 34.7 Å². The van der Waals surface area contributed by atoms with Crippen LogP contribution in [0.5, 0.6) is 34.5 Å². The van der Waals surface area contributed by atoms with E-state index in [1.165, 1.54) is 114 Å². The van der Waals surface area contributed by atoms with Gasteiger partial charge >= 0.3 is 23.0 Å². The van der Waals surface area contributed by atoms with Crippen molar-refractivity contribution < 1.29 is 55.9 Å². The third-order valence-corrected chi connectivity index (χ3v) is 17.7. The van der Waals surface area contributed by atoms with E-state index < -0.39 is 23.0 Å². The van der Waals surface area contributed by atoms with Crippen LogP contribution in [0.4, 0.5) is 0 Å². The van der Waals surface area contributed by atoms with Crippen molar-refractivity contribution in [2.75, 3.05) is 0 Å². The number of Topliss-reactive ketones (excluding diaryl/α,β-unsaturated/α-hetero) is 6. The molecule has 6 aromatic carbocycles. The maximum absolute atomic E-state index is 12.4. The van der Waals surface area contributed by atoms with Crippen LogP contribution >= 0.6 is 23.0 Å². The first kappa shape index (κ1) is 46.8. The number of ketones is 6. The Labute approximate surface area is 380 Å². The number of carbonyl (C=O) groups excluding carboxylic acids is 6. The number of rotatable bonds is 18. The summed E-state index contributed by atoms with van der Waals surface area (Å²) in [4.78, 5) is 74.2. The van der Waals surface area contributed by atoms with E-state index in [9.17, 15) is 28.8 Å². The predicted octanol–water partition coefficient (Wildman–Crippen LogP) is 13.5. The van der Waals surface area contributed by atoms with Crippen LogP contribution < -0.4 is 27.1 Å². The number of carbonyl (C=O) groups is 6.